The molecule has 0 aliphatic carbocycles. The molecule has 1 saturated heterocycles. The SMILES string of the molecule is C[C@@H]1CCCCN1CC(=O)c1ccccc1Br. The van der Waals surface area contributed by atoms with E-state index in [0.717, 1.165) is 16.6 Å². The molecule has 0 unspecified atom stereocenters. The van der Waals surface area contributed by atoms with Crippen LogP contribution in [0.4, 0.5) is 0 Å². The van der Waals surface area contributed by atoms with E-state index in [-0.39, 0.29) is 5.78 Å². The minimum absolute atomic E-state index is 0.214. The van der Waals surface area contributed by atoms with E-state index in [9.17, 15) is 4.79 Å². The van der Waals surface area contributed by atoms with Crippen LogP contribution in [0.25, 0.3) is 0 Å². The molecule has 1 aromatic carbocycles. The molecule has 0 radical (unpaired) electrons. The molecule has 17 heavy (non-hydrogen) atoms. The maximum Gasteiger partial charge on any atom is 0.177 e. The molecule has 1 atom stereocenters. The van der Waals surface area contributed by atoms with Crippen molar-refractivity contribution in [3.05, 3.63) is 34.3 Å². The first kappa shape index (κ1) is 12.8. The van der Waals surface area contributed by atoms with Crippen molar-refractivity contribution in [2.45, 2.75) is 32.2 Å². The number of likely N-dealkylation sites (tertiary alicyclic amines) is 1. The van der Waals surface area contributed by atoms with Crippen LogP contribution in [0.3, 0.4) is 0 Å². The lowest BCUT2D eigenvalue weighted by Crippen LogP contribution is -2.40. The third-order valence-corrected chi connectivity index (χ3v) is 4.15. The lowest BCUT2D eigenvalue weighted by atomic mass is 10.0. The fourth-order valence-electron chi connectivity index (χ4n) is 2.35. The number of nitrogens with zero attached hydrogens (tertiary/aromatic N) is 1. The minimum Gasteiger partial charge on any atom is -0.293 e. The summed E-state index contributed by atoms with van der Waals surface area (Å²) in [5.41, 5.74) is 0.797. The van der Waals surface area contributed by atoms with Crippen LogP contribution in [-0.4, -0.2) is 29.8 Å². The summed E-state index contributed by atoms with van der Waals surface area (Å²) in [6, 6.07) is 8.20. The molecule has 0 bridgehead atoms. The molecule has 1 aliphatic heterocycles. The van der Waals surface area contributed by atoms with Gasteiger partial charge in [0.1, 0.15) is 0 Å². The second kappa shape index (κ2) is 5.78. The number of carbonyl (C=O) groups excluding carboxylic acids is 1. The third kappa shape index (κ3) is 3.17. The van der Waals surface area contributed by atoms with Gasteiger partial charge in [-0.15, -0.1) is 0 Å². The Morgan fingerprint density at radius 2 is 2.18 bits per heavy atom. The predicted molar refractivity (Wildman–Crippen MR) is 73.4 cm³/mol. The molecule has 1 fully saturated rings. The lowest BCUT2D eigenvalue weighted by Gasteiger charge is -2.32. The number of halogens is 1. The Balaban J connectivity index is 2.04. The average molecular weight is 296 g/mol. The minimum atomic E-state index is 0.214. The van der Waals surface area contributed by atoms with E-state index < -0.39 is 0 Å². The van der Waals surface area contributed by atoms with Crippen molar-refractivity contribution in [3.8, 4) is 0 Å². The Labute approximate surface area is 111 Å². The average Bonchev–Trinajstić information content (AvgIpc) is 2.32. The summed E-state index contributed by atoms with van der Waals surface area (Å²) < 4.78 is 0.898. The van der Waals surface area contributed by atoms with E-state index in [1.165, 1.54) is 19.3 Å². The van der Waals surface area contributed by atoms with E-state index in [1.54, 1.807) is 0 Å². The number of hydrogen-bond acceptors (Lipinski definition) is 2. The fourth-order valence-corrected chi connectivity index (χ4v) is 2.86. The highest BCUT2D eigenvalue weighted by Gasteiger charge is 2.21. The van der Waals surface area contributed by atoms with Crippen LogP contribution in [0, 0.1) is 0 Å². The molecule has 0 aromatic heterocycles. The quantitative estimate of drug-likeness (QED) is 0.796. The molecule has 92 valence electrons. The zero-order valence-electron chi connectivity index (χ0n) is 10.2. The molecule has 1 aromatic rings. The van der Waals surface area contributed by atoms with Gasteiger partial charge in [-0.05, 0) is 32.4 Å². The normalized spacial score (nSPS) is 21.4. The topological polar surface area (TPSA) is 20.3 Å². The molecule has 3 heteroatoms. The van der Waals surface area contributed by atoms with Gasteiger partial charge in [0.25, 0.3) is 0 Å². The van der Waals surface area contributed by atoms with Gasteiger partial charge in [0.15, 0.2) is 5.78 Å². The molecular formula is C14H18BrNO. The predicted octanol–water partition coefficient (Wildman–Crippen LogP) is 3.51. The highest BCUT2D eigenvalue weighted by molar-refractivity contribution is 9.10. The van der Waals surface area contributed by atoms with E-state index >= 15 is 0 Å². The van der Waals surface area contributed by atoms with Crippen molar-refractivity contribution in [1.29, 1.82) is 0 Å². The van der Waals surface area contributed by atoms with Crippen molar-refractivity contribution in [2.75, 3.05) is 13.1 Å². The number of Topliss-reactive ketones (excluding diaryl/α,β-unsaturated/α-hetero) is 1. The van der Waals surface area contributed by atoms with Crippen molar-refractivity contribution >= 4 is 21.7 Å². The maximum atomic E-state index is 12.2. The van der Waals surface area contributed by atoms with Crippen LogP contribution in [0.15, 0.2) is 28.7 Å². The Bertz CT molecular complexity index is 405. The highest BCUT2D eigenvalue weighted by atomic mass is 79.9. The molecule has 1 aliphatic rings. The number of benzene rings is 1. The first-order chi connectivity index (χ1) is 8.18. The molecule has 0 amide bonds. The first-order valence-electron chi connectivity index (χ1n) is 6.20. The van der Waals surface area contributed by atoms with Crippen molar-refractivity contribution in [2.24, 2.45) is 0 Å². The fraction of sp³-hybridized carbons (Fsp3) is 0.500. The van der Waals surface area contributed by atoms with E-state index in [4.69, 9.17) is 0 Å². The Kier molecular flexibility index (Phi) is 4.35. The third-order valence-electron chi connectivity index (χ3n) is 3.46. The van der Waals surface area contributed by atoms with Crippen molar-refractivity contribution in [1.82, 2.24) is 4.90 Å². The monoisotopic (exact) mass is 295 g/mol. The van der Waals surface area contributed by atoms with Crippen molar-refractivity contribution in [3.63, 3.8) is 0 Å². The van der Waals surface area contributed by atoms with Crippen LogP contribution < -0.4 is 0 Å². The smallest absolute Gasteiger partial charge is 0.177 e. The summed E-state index contributed by atoms with van der Waals surface area (Å²) in [6.45, 7) is 3.81. The van der Waals surface area contributed by atoms with Gasteiger partial charge in [-0.2, -0.15) is 0 Å². The van der Waals surface area contributed by atoms with Gasteiger partial charge in [0.2, 0.25) is 0 Å². The molecule has 2 nitrogen and oxygen atoms in total. The van der Waals surface area contributed by atoms with E-state index in [1.807, 2.05) is 24.3 Å². The second-order valence-corrected chi connectivity index (χ2v) is 5.57. The highest BCUT2D eigenvalue weighted by Crippen LogP contribution is 2.20. The Hall–Kier alpha value is -0.670. The van der Waals surface area contributed by atoms with Crippen LogP contribution in [0.2, 0.25) is 0 Å². The van der Waals surface area contributed by atoms with Crippen LogP contribution >= 0.6 is 15.9 Å². The molecule has 0 saturated carbocycles. The molecular weight excluding hydrogens is 278 g/mol. The van der Waals surface area contributed by atoms with Crippen LogP contribution in [0.5, 0.6) is 0 Å². The van der Waals surface area contributed by atoms with Crippen LogP contribution in [-0.2, 0) is 0 Å². The summed E-state index contributed by atoms with van der Waals surface area (Å²) in [4.78, 5) is 14.5. The summed E-state index contributed by atoms with van der Waals surface area (Å²) in [5, 5.41) is 0. The molecule has 2 rings (SSSR count). The van der Waals surface area contributed by atoms with Gasteiger partial charge in [0.05, 0.1) is 6.54 Å². The molecule has 1 heterocycles. The number of ketones is 1. The molecule has 0 spiro atoms. The number of rotatable bonds is 3. The number of hydrogen-bond donors (Lipinski definition) is 0. The van der Waals surface area contributed by atoms with Gasteiger partial charge >= 0.3 is 0 Å². The van der Waals surface area contributed by atoms with Gasteiger partial charge in [-0.25, -0.2) is 0 Å². The number of carbonyl (C=O) groups is 1. The second-order valence-electron chi connectivity index (χ2n) is 4.72. The van der Waals surface area contributed by atoms with Crippen LogP contribution in [0.1, 0.15) is 36.5 Å². The van der Waals surface area contributed by atoms with Gasteiger partial charge in [0, 0.05) is 16.1 Å². The van der Waals surface area contributed by atoms with Gasteiger partial charge < -0.3 is 0 Å². The summed E-state index contributed by atoms with van der Waals surface area (Å²) in [7, 11) is 0. The van der Waals surface area contributed by atoms with Gasteiger partial charge in [-0.3, -0.25) is 9.69 Å². The van der Waals surface area contributed by atoms with Gasteiger partial charge in [-0.1, -0.05) is 40.5 Å². The van der Waals surface area contributed by atoms with E-state index in [0.29, 0.717) is 12.6 Å². The number of piperidine rings is 1. The largest absolute Gasteiger partial charge is 0.293 e. The zero-order chi connectivity index (χ0) is 12.3. The Morgan fingerprint density at radius 3 is 2.88 bits per heavy atom. The summed E-state index contributed by atoms with van der Waals surface area (Å²) >= 11 is 3.44. The maximum absolute atomic E-state index is 12.2. The Morgan fingerprint density at radius 1 is 1.41 bits per heavy atom. The van der Waals surface area contributed by atoms with Crippen molar-refractivity contribution < 1.29 is 4.79 Å². The summed E-state index contributed by atoms with van der Waals surface area (Å²) in [6.07, 6.45) is 3.72. The molecule has 0 N–H and O–H groups in total. The standard InChI is InChI=1S/C14H18BrNO/c1-11-6-4-5-9-16(11)10-14(17)12-7-2-3-8-13(12)15/h2-3,7-8,11H,4-6,9-10H2,1H3/t11-/m1/s1. The zero-order valence-corrected chi connectivity index (χ0v) is 11.7. The van der Waals surface area contributed by atoms with E-state index in [2.05, 4.69) is 27.8 Å². The summed E-state index contributed by atoms with van der Waals surface area (Å²) in [5.74, 6) is 0.214. The lowest BCUT2D eigenvalue weighted by molar-refractivity contribution is 0.0859. The first-order valence-corrected chi connectivity index (χ1v) is 6.99.